The van der Waals surface area contributed by atoms with Crippen molar-refractivity contribution < 1.29 is 4.79 Å². The number of hydrogen-bond acceptors (Lipinski definition) is 2. The van der Waals surface area contributed by atoms with Crippen molar-refractivity contribution in [3.05, 3.63) is 0 Å². The van der Waals surface area contributed by atoms with E-state index in [1.807, 2.05) is 7.05 Å². The summed E-state index contributed by atoms with van der Waals surface area (Å²) in [4.78, 5) is 15.0. The number of carbonyl (C=O) groups excluding carboxylic acids is 1. The van der Waals surface area contributed by atoms with Crippen LogP contribution in [-0.4, -0.2) is 37.0 Å². The van der Waals surface area contributed by atoms with E-state index in [0.717, 1.165) is 45.2 Å². The molecule has 1 unspecified atom stereocenters. The number of carbonyl (C=O) groups is 1. The van der Waals surface area contributed by atoms with Gasteiger partial charge in [0, 0.05) is 18.5 Å². The summed E-state index contributed by atoms with van der Waals surface area (Å²) in [5.74, 6) is 0.703. The van der Waals surface area contributed by atoms with Gasteiger partial charge in [-0.15, -0.1) is 0 Å². The Kier molecular flexibility index (Phi) is 8.11. The van der Waals surface area contributed by atoms with Gasteiger partial charge in [-0.2, -0.15) is 0 Å². The Morgan fingerprint density at radius 3 is 2.53 bits per heavy atom. The van der Waals surface area contributed by atoms with Crippen LogP contribution in [0.15, 0.2) is 0 Å². The summed E-state index contributed by atoms with van der Waals surface area (Å²) in [6.07, 6.45) is 9.11. The van der Waals surface area contributed by atoms with Crippen LogP contribution >= 0.6 is 0 Å². The van der Waals surface area contributed by atoms with Crippen molar-refractivity contribution in [3.63, 3.8) is 0 Å². The monoisotopic (exact) mass is 268 g/mol. The summed E-state index contributed by atoms with van der Waals surface area (Å²) in [6, 6.07) is 0.477. The highest BCUT2D eigenvalue weighted by molar-refractivity contribution is 5.79. The maximum absolute atomic E-state index is 12.8. The third kappa shape index (κ3) is 5.13. The molecule has 1 heterocycles. The van der Waals surface area contributed by atoms with Crippen LogP contribution in [0.3, 0.4) is 0 Å². The Morgan fingerprint density at radius 1 is 1.26 bits per heavy atom. The molecule has 1 N–H and O–H groups in total. The average Bonchev–Trinajstić information content (AvgIpc) is 2.44. The van der Waals surface area contributed by atoms with Gasteiger partial charge in [-0.3, -0.25) is 4.79 Å². The van der Waals surface area contributed by atoms with Crippen molar-refractivity contribution in [1.29, 1.82) is 0 Å². The maximum Gasteiger partial charge on any atom is 0.225 e. The van der Waals surface area contributed by atoms with Crippen LogP contribution in [0.5, 0.6) is 0 Å². The molecule has 0 radical (unpaired) electrons. The molecule has 0 aromatic heterocycles. The molecule has 1 amide bonds. The Hall–Kier alpha value is -0.570. The highest BCUT2D eigenvalue weighted by Gasteiger charge is 2.30. The zero-order valence-corrected chi connectivity index (χ0v) is 13.1. The second-order valence-corrected chi connectivity index (χ2v) is 5.85. The molecule has 19 heavy (non-hydrogen) atoms. The predicted octanol–water partition coefficient (Wildman–Crippen LogP) is 3.19. The fourth-order valence-electron chi connectivity index (χ4n) is 3.22. The van der Waals surface area contributed by atoms with Gasteiger partial charge in [0.15, 0.2) is 0 Å². The van der Waals surface area contributed by atoms with Gasteiger partial charge in [0.25, 0.3) is 0 Å². The van der Waals surface area contributed by atoms with Crippen LogP contribution in [-0.2, 0) is 4.79 Å². The van der Waals surface area contributed by atoms with E-state index in [-0.39, 0.29) is 5.92 Å². The summed E-state index contributed by atoms with van der Waals surface area (Å²) in [5, 5.41) is 3.22. The van der Waals surface area contributed by atoms with Gasteiger partial charge in [0.1, 0.15) is 0 Å². The summed E-state index contributed by atoms with van der Waals surface area (Å²) in [5.41, 5.74) is 0. The van der Waals surface area contributed by atoms with Gasteiger partial charge in [0.2, 0.25) is 5.91 Å². The second-order valence-electron chi connectivity index (χ2n) is 5.85. The van der Waals surface area contributed by atoms with Crippen LogP contribution in [0.2, 0.25) is 0 Å². The quantitative estimate of drug-likeness (QED) is 0.733. The molecule has 3 heteroatoms. The van der Waals surface area contributed by atoms with E-state index in [1.54, 1.807) is 0 Å². The fraction of sp³-hybridized carbons (Fsp3) is 0.938. The number of amides is 1. The molecule has 112 valence electrons. The third-order valence-corrected chi connectivity index (χ3v) is 4.26. The van der Waals surface area contributed by atoms with Crippen molar-refractivity contribution in [2.24, 2.45) is 5.92 Å². The summed E-state index contributed by atoms with van der Waals surface area (Å²) < 4.78 is 0. The van der Waals surface area contributed by atoms with Crippen LogP contribution in [0, 0.1) is 5.92 Å². The topological polar surface area (TPSA) is 32.3 Å². The maximum atomic E-state index is 12.8. The minimum Gasteiger partial charge on any atom is -0.339 e. The van der Waals surface area contributed by atoms with Gasteiger partial charge >= 0.3 is 0 Å². The van der Waals surface area contributed by atoms with E-state index in [0.29, 0.717) is 11.9 Å². The zero-order chi connectivity index (χ0) is 14.1. The van der Waals surface area contributed by atoms with Crippen LogP contribution in [0.1, 0.15) is 65.2 Å². The van der Waals surface area contributed by atoms with Gasteiger partial charge in [-0.05, 0) is 52.1 Å². The highest BCUT2D eigenvalue weighted by Crippen LogP contribution is 2.25. The van der Waals surface area contributed by atoms with E-state index in [2.05, 4.69) is 24.1 Å². The van der Waals surface area contributed by atoms with E-state index < -0.39 is 0 Å². The van der Waals surface area contributed by atoms with E-state index >= 15 is 0 Å². The van der Waals surface area contributed by atoms with Crippen molar-refractivity contribution in [1.82, 2.24) is 10.2 Å². The van der Waals surface area contributed by atoms with E-state index in [4.69, 9.17) is 0 Å². The first kappa shape index (κ1) is 16.5. The molecule has 1 saturated heterocycles. The molecule has 1 atom stereocenters. The van der Waals surface area contributed by atoms with Gasteiger partial charge < -0.3 is 10.2 Å². The van der Waals surface area contributed by atoms with Crippen molar-refractivity contribution in [2.75, 3.05) is 20.1 Å². The molecule has 0 bridgehead atoms. The molecule has 3 nitrogen and oxygen atoms in total. The number of piperidine rings is 1. The first-order valence-corrected chi connectivity index (χ1v) is 8.19. The molecule has 0 saturated carbocycles. The van der Waals surface area contributed by atoms with Gasteiger partial charge in [-0.1, -0.05) is 26.7 Å². The Morgan fingerprint density at radius 2 is 1.95 bits per heavy atom. The number of rotatable bonds is 8. The van der Waals surface area contributed by atoms with Crippen LogP contribution in [0.4, 0.5) is 0 Å². The van der Waals surface area contributed by atoms with Crippen molar-refractivity contribution >= 4 is 5.91 Å². The minimum atomic E-state index is 0.269. The van der Waals surface area contributed by atoms with Crippen LogP contribution < -0.4 is 5.32 Å². The average molecular weight is 268 g/mol. The molecule has 0 aliphatic carbocycles. The van der Waals surface area contributed by atoms with E-state index in [9.17, 15) is 4.79 Å². The first-order chi connectivity index (χ1) is 9.24. The normalized spacial score (nSPS) is 20.0. The Bertz CT molecular complexity index is 249. The zero-order valence-electron chi connectivity index (χ0n) is 13.1. The molecule has 1 aliphatic heterocycles. The third-order valence-electron chi connectivity index (χ3n) is 4.26. The lowest BCUT2D eigenvalue weighted by Crippen LogP contribution is -2.47. The molecule has 1 aliphatic rings. The second kappa shape index (κ2) is 9.35. The summed E-state index contributed by atoms with van der Waals surface area (Å²) in [7, 11) is 1.99. The molecular formula is C16H32N2O. The summed E-state index contributed by atoms with van der Waals surface area (Å²) >= 11 is 0. The summed E-state index contributed by atoms with van der Waals surface area (Å²) in [6.45, 7) is 6.37. The van der Waals surface area contributed by atoms with E-state index in [1.165, 1.54) is 19.3 Å². The minimum absolute atomic E-state index is 0.269. The Labute approximate surface area is 119 Å². The predicted molar refractivity (Wildman–Crippen MR) is 81.2 cm³/mol. The lowest BCUT2D eigenvalue weighted by Gasteiger charge is -2.38. The van der Waals surface area contributed by atoms with Gasteiger partial charge in [-0.25, -0.2) is 0 Å². The number of nitrogens with zero attached hydrogens (tertiary/aromatic N) is 1. The molecule has 0 aromatic rings. The lowest BCUT2D eigenvalue weighted by atomic mass is 9.92. The van der Waals surface area contributed by atoms with Crippen LogP contribution in [0.25, 0.3) is 0 Å². The first-order valence-electron chi connectivity index (χ1n) is 8.19. The molecule has 1 fully saturated rings. The van der Waals surface area contributed by atoms with Crippen molar-refractivity contribution in [2.45, 2.75) is 71.3 Å². The number of hydrogen-bond donors (Lipinski definition) is 1. The lowest BCUT2D eigenvalue weighted by molar-refractivity contribution is -0.140. The largest absolute Gasteiger partial charge is 0.339 e. The SMILES string of the molecule is CCCC(CCC)C(=O)N1CCCCC1CCNC. The smallest absolute Gasteiger partial charge is 0.225 e. The molecule has 0 spiro atoms. The number of likely N-dealkylation sites (tertiary alicyclic amines) is 1. The molecule has 0 aromatic carbocycles. The molecular weight excluding hydrogens is 236 g/mol. The van der Waals surface area contributed by atoms with Gasteiger partial charge in [0.05, 0.1) is 0 Å². The number of nitrogens with one attached hydrogen (secondary N) is 1. The standard InChI is InChI=1S/C16H32N2O/c1-4-8-14(9-5-2)16(19)18-13-7-6-10-15(18)11-12-17-3/h14-15,17H,4-13H2,1-3H3. The Balaban J connectivity index is 2.62. The highest BCUT2D eigenvalue weighted by atomic mass is 16.2. The van der Waals surface area contributed by atoms with Crippen molar-refractivity contribution in [3.8, 4) is 0 Å². The fourth-order valence-corrected chi connectivity index (χ4v) is 3.22. The molecule has 1 rings (SSSR count).